The van der Waals surface area contributed by atoms with Crippen molar-refractivity contribution in [2.75, 3.05) is 0 Å². The first-order valence-corrected chi connectivity index (χ1v) is 9.83. The number of nitrogens with one attached hydrogen (secondary N) is 3. The van der Waals surface area contributed by atoms with Gasteiger partial charge in [-0.25, -0.2) is 18.2 Å². The van der Waals surface area contributed by atoms with Gasteiger partial charge < -0.3 is 0 Å². The topological polar surface area (TPSA) is 52.7 Å². The van der Waals surface area contributed by atoms with Crippen LogP contribution in [-0.2, 0) is 0 Å². The van der Waals surface area contributed by atoms with Crippen molar-refractivity contribution in [2.24, 2.45) is 0 Å². The lowest BCUT2D eigenvalue weighted by Crippen LogP contribution is -2.36. The Morgan fingerprint density at radius 3 is 2.54 bits per heavy atom. The van der Waals surface area contributed by atoms with E-state index in [4.69, 9.17) is 0 Å². The first kappa shape index (κ1) is 19.3. The fourth-order valence-electron chi connectivity index (χ4n) is 3.21. The number of aromatic amines is 1. The highest BCUT2D eigenvalue weighted by molar-refractivity contribution is 7.95. The van der Waals surface area contributed by atoms with Gasteiger partial charge in [0.2, 0.25) is 0 Å². The van der Waals surface area contributed by atoms with Gasteiger partial charge in [0.15, 0.2) is 5.82 Å². The first-order chi connectivity index (χ1) is 12.3. The van der Waals surface area contributed by atoms with Gasteiger partial charge in [0.25, 0.3) is 0 Å². The van der Waals surface area contributed by atoms with Gasteiger partial charge in [0, 0.05) is 35.2 Å². The summed E-state index contributed by atoms with van der Waals surface area (Å²) < 4.78 is 35.0. The van der Waals surface area contributed by atoms with Crippen LogP contribution in [-0.4, -0.2) is 21.8 Å². The number of hydrogen-bond donors (Lipinski definition) is 3. The summed E-state index contributed by atoms with van der Waals surface area (Å²) >= 11 is 1.54. The van der Waals surface area contributed by atoms with E-state index < -0.39 is 0 Å². The fraction of sp³-hybridized carbons (Fsp3) is 0.526. The minimum atomic E-state index is -0.389. The normalized spacial score (nSPS) is 21.1. The van der Waals surface area contributed by atoms with Crippen LogP contribution in [0.5, 0.6) is 0 Å². The van der Waals surface area contributed by atoms with Crippen LogP contribution >= 0.6 is 12.1 Å². The van der Waals surface area contributed by atoms with Crippen molar-refractivity contribution < 1.29 is 8.78 Å². The Morgan fingerprint density at radius 2 is 1.88 bits per heavy atom. The van der Waals surface area contributed by atoms with Crippen molar-refractivity contribution in [2.45, 2.75) is 64.0 Å². The molecule has 1 aliphatic carbocycles. The molecule has 7 heteroatoms. The molecule has 3 rings (SSSR count). The maximum Gasteiger partial charge on any atom is 0.172 e. The molecule has 26 heavy (non-hydrogen) atoms. The predicted octanol–water partition coefficient (Wildman–Crippen LogP) is 4.92. The molecule has 0 saturated heterocycles. The van der Waals surface area contributed by atoms with Crippen LogP contribution < -0.4 is 9.44 Å². The molecule has 1 aromatic heterocycles. The molecule has 0 aliphatic heterocycles. The van der Waals surface area contributed by atoms with E-state index in [-0.39, 0.29) is 28.8 Å². The van der Waals surface area contributed by atoms with Crippen molar-refractivity contribution >= 4 is 12.1 Å². The Balaban J connectivity index is 1.58. The highest BCUT2D eigenvalue weighted by Crippen LogP contribution is 2.36. The van der Waals surface area contributed by atoms with E-state index in [0.29, 0.717) is 17.3 Å². The molecule has 1 saturated carbocycles. The van der Waals surface area contributed by atoms with Gasteiger partial charge >= 0.3 is 0 Å². The lowest BCUT2D eigenvalue weighted by Gasteiger charge is -2.29. The highest BCUT2D eigenvalue weighted by Gasteiger charge is 2.28. The van der Waals surface area contributed by atoms with E-state index in [1.165, 1.54) is 24.3 Å². The minimum Gasteiger partial charge on any atom is -0.279 e. The van der Waals surface area contributed by atoms with Gasteiger partial charge in [-0.15, -0.1) is 0 Å². The summed E-state index contributed by atoms with van der Waals surface area (Å²) in [5, 5.41) is 6.96. The number of aromatic nitrogens is 2. The maximum atomic E-state index is 14.8. The third-order valence-corrected chi connectivity index (χ3v) is 5.71. The van der Waals surface area contributed by atoms with Gasteiger partial charge in [-0.05, 0) is 58.6 Å². The second-order valence-corrected chi connectivity index (χ2v) is 8.57. The largest absolute Gasteiger partial charge is 0.279 e. The third-order valence-electron chi connectivity index (χ3n) is 4.55. The van der Waals surface area contributed by atoms with Crippen LogP contribution in [0.4, 0.5) is 8.78 Å². The molecule has 4 nitrogen and oxygen atoms in total. The Labute approximate surface area is 157 Å². The highest BCUT2D eigenvalue weighted by atomic mass is 32.2. The zero-order valence-electron chi connectivity index (χ0n) is 15.4. The zero-order chi connectivity index (χ0) is 18.7. The SMILES string of the molecule is CC(C)(C)NSNC1CCC(c2[nH]nc(-c3cccc(F)c3)c2F)CC1. The molecule has 1 aliphatic rings. The van der Waals surface area contributed by atoms with Gasteiger partial charge in [0.1, 0.15) is 11.5 Å². The van der Waals surface area contributed by atoms with Crippen LogP contribution in [0.2, 0.25) is 0 Å². The van der Waals surface area contributed by atoms with Crippen LogP contribution in [0.1, 0.15) is 58.1 Å². The van der Waals surface area contributed by atoms with Crippen molar-refractivity contribution in [1.82, 2.24) is 19.6 Å². The van der Waals surface area contributed by atoms with E-state index in [1.54, 1.807) is 12.1 Å². The lowest BCUT2D eigenvalue weighted by molar-refractivity contribution is 0.368. The zero-order valence-corrected chi connectivity index (χ0v) is 16.2. The Bertz CT molecular complexity index is 733. The fourth-order valence-corrected chi connectivity index (χ4v) is 3.97. The van der Waals surface area contributed by atoms with E-state index >= 15 is 0 Å². The molecule has 2 aromatic rings. The van der Waals surface area contributed by atoms with Crippen molar-refractivity contribution in [1.29, 1.82) is 0 Å². The van der Waals surface area contributed by atoms with Crippen molar-refractivity contribution in [3.63, 3.8) is 0 Å². The number of nitrogens with zero attached hydrogens (tertiary/aromatic N) is 1. The summed E-state index contributed by atoms with van der Waals surface area (Å²) in [6.45, 7) is 6.36. The number of halogens is 2. The summed E-state index contributed by atoms with van der Waals surface area (Å²) in [4.78, 5) is 0. The summed E-state index contributed by atoms with van der Waals surface area (Å²) in [6.07, 6.45) is 3.76. The van der Waals surface area contributed by atoms with E-state index in [1.807, 2.05) is 0 Å². The minimum absolute atomic E-state index is 0.0568. The van der Waals surface area contributed by atoms with Crippen LogP contribution in [0, 0.1) is 11.6 Å². The summed E-state index contributed by atoms with van der Waals surface area (Å²) in [5.41, 5.74) is 1.26. The van der Waals surface area contributed by atoms with E-state index in [2.05, 4.69) is 40.4 Å². The summed E-state index contributed by atoms with van der Waals surface area (Å²) in [7, 11) is 0. The maximum absolute atomic E-state index is 14.8. The molecule has 0 radical (unpaired) electrons. The molecule has 1 fully saturated rings. The van der Waals surface area contributed by atoms with Crippen LogP contribution in [0.25, 0.3) is 11.3 Å². The van der Waals surface area contributed by atoms with Gasteiger partial charge in [-0.1, -0.05) is 12.1 Å². The van der Waals surface area contributed by atoms with E-state index in [9.17, 15) is 8.78 Å². The molecule has 142 valence electrons. The number of benzene rings is 1. The molecule has 0 amide bonds. The lowest BCUT2D eigenvalue weighted by atomic mass is 9.84. The number of hydrogen-bond acceptors (Lipinski definition) is 4. The molecule has 0 spiro atoms. The number of rotatable bonds is 5. The average molecular weight is 381 g/mol. The van der Waals surface area contributed by atoms with E-state index in [0.717, 1.165) is 25.7 Å². The first-order valence-electron chi connectivity index (χ1n) is 9.02. The summed E-state index contributed by atoms with van der Waals surface area (Å²) in [6, 6.07) is 6.31. The van der Waals surface area contributed by atoms with Gasteiger partial charge in [0.05, 0.1) is 5.69 Å². The second-order valence-electron chi connectivity index (χ2n) is 7.93. The predicted molar refractivity (Wildman–Crippen MR) is 103 cm³/mol. The molecular formula is C19H26F2N4S. The molecule has 0 atom stereocenters. The van der Waals surface area contributed by atoms with Crippen molar-refractivity contribution in [3.8, 4) is 11.3 Å². The smallest absolute Gasteiger partial charge is 0.172 e. The Morgan fingerprint density at radius 1 is 1.15 bits per heavy atom. The third kappa shape index (κ3) is 4.84. The number of H-pyrrole nitrogens is 1. The van der Waals surface area contributed by atoms with Crippen LogP contribution in [0.3, 0.4) is 0 Å². The summed E-state index contributed by atoms with van der Waals surface area (Å²) in [5.74, 6) is -0.612. The standard InChI is InChI=1S/C19H26F2N4S/c1-19(2,3)25-26-24-15-9-7-12(8-10-15)17-16(21)18(23-22-17)13-5-4-6-14(20)11-13/h4-6,11-12,15,24-25H,7-10H2,1-3H3,(H,22,23). The Hall–Kier alpha value is -1.44. The average Bonchev–Trinajstić information content (AvgIpc) is 2.96. The van der Waals surface area contributed by atoms with Gasteiger partial charge in [-0.3, -0.25) is 5.10 Å². The van der Waals surface area contributed by atoms with Crippen LogP contribution in [0.15, 0.2) is 24.3 Å². The van der Waals surface area contributed by atoms with Gasteiger partial charge in [-0.2, -0.15) is 5.10 Å². The molecule has 0 unspecified atom stereocenters. The monoisotopic (exact) mass is 380 g/mol. The molecule has 1 heterocycles. The molecule has 0 bridgehead atoms. The van der Waals surface area contributed by atoms with Crippen molar-refractivity contribution in [3.05, 3.63) is 41.6 Å². The quantitative estimate of drug-likeness (QED) is 0.645. The molecular weight excluding hydrogens is 354 g/mol. The Kier molecular flexibility index (Phi) is 5.99. The second kappa shape index (κ2) is 8.06. The molecule has 3 N–H and O–H groups in total. The molecule has 1 aromatic carbocycles.